The maximum absolute atomic E-state index is 13.8. The number of hydrogen-bond acceptors (Lipinski definition) is 6. The summed E-state index contributed by atoms with van der Waals surface area (Å²) in [5, 5.41) is 2.87. The first-order valence-electron chi connectivity index (χ1n) is 11.7. The average molecular weight is 537 g/mol. The second kappa shape index (κ2) is 12.0. The number of ether oxygens (including phenoxy) is 1. The Balaban J connectivity index is 1.62. The third-order valence-corrected chi connectivity index (χ3v) is 8.14. The van der Waals surface area contributed by atoms with E-state index in [1.54, 1.807) is 61.1 Å². The molecule has 0 aliphatic heterocycles. The molecule has 1 heterocycles. The van der Waals surface area contributed by atoms with E-state index in [9.17, 15) is 13.2 Å². The van der Waals surface area contributed by atoms with Crippen LogP contribution < -0.4 is 14.4 Å². The van der Waals surface area contributed by atoms with Crippen molar-refractivity contribution in [2.75, 3.05) is 23.7 Å². The van der Waals surface area contributed by atoms with Crippen LogP contribution in [-0.2, 0) is 21.4 Å². The first kappa shape index (κ1) is 26.3. The summed E-state index contributed by atoms with van der Waals surface area (Å²) in [6, 6.07) is 21.0. The minimum absolute atomic E-state index is 0.0925. The van der Waals surface area contributed by atoms with Gasteiger partial charge in [0.25, 0.3) is 10.0 Å². The molecule has 1 N–H and O–H groups in total. The zero-order valence-corrected chi connectivity index (χ0v) is 22.2. The van der Waals surface area contributed by atoms with E-state index >= 15 is 0 Å². The summed E-state index contributed by atoms with van der Waals surface area (Å²) >= 11 is 1.52. The summed E-state index contributed by atoms with van der Waals surface area (Å²) < 4.78 is 36.2. The van der Waals surface area contributed by atoms with Crippen LogP contribution in [0, 0.1) is 0 Å². The Labute approximate surface area is 221 Å². The van der Waals surface area contributed by atoms with Gasteiger partial charge in [-0.15, -0.1) is 11.8 Å². The van der Waals surface area contributed by atoms with Gasteiger partial charge < -0.3 is 14.6 Å². The smallest absolute Gasteiger partial charge is 0.264 e. The van der Waals surface area contributed by atoms with E-state index in [0.29, 0.717) is 18.0 Å². The van der Waals surface area contributed by atoms with Crippen molar-refractivity contribution in [1.29, 1.82) is 0 Å². The van der Waals surface area contributed by atoms with Crippen LogP contribution in [0.1, 0.15) is 12.5 Å². The second-order valence-corrected chi connectivity index (χ2v) is 10.7. The predicted octanol–water partition coefficient (Wildman–Crippen LogP) is 4.50. The van der Waals surface area contributed by atoms with E-state index in [2.05, 4.69) is 10.3 Å². The molecule has 0 aliphatic rings. The average Bonchev–Trinajstić information content (AvgIpc) is 3.46. The van der Waals surface area contributed by atoms with Crippen LogP contribution in [0.15, 0.2) is 101 Å². The highest BCUT2D eigenvalue weighted by Gasteiger charge is 2.29. The van der Waals surface area contributed by atoms with Gasteiger partial charge in [-0.1, -0.05) is 30.3 Å². The minimum atomic E-state index is -4.07. The van der Waals surface area contributed by atoms with Gasteiger partial charge in [0, 0.05) is 23.8 Å². The highest BCUT2D eigenvalue weighted by molar-refractivity contribution is 7.98. The van der Waals surface area contributed by atoms with E-state index in [0.717, 1.165) is 20.5 Å². The lowest BCUT2D eigenvalue weighted by Crippen LogP contribution is -2.41. The van der Waals surface area contributed by atoms with Gasteiger partial charge in [0.15, 0.2) is 0 Å². The maximum atomic E-state index is 13.8. The molecular weight excluding hydrogens is 508 g/mol. The number of aromatic nitrogens is 2. The van der Waals surface area contributed by atoms with Gasteiger partial charge in [-0.05, 0) is 61.2 Å². The van der Waals surface area contributed by atoms with Crippen molar-refractivity contribution in [3.8, 4) is 11.4 Å². The van der Waals surface area contributed by atoms with Gasteiger partial charge in [-0.25, -0.2) is 13.4 Å². The van der Waals surface area contributed by atoms with Crippen molar-refractivity contribution >= 4 is 33.4 Å². The fourth-order valence-corrected chi connectivity index (χ4v) is 5.65. The minimum Gasteiger partial charge on any atom is -0.492 e. The number of rotatable bonds is 11. The second-order valence-electron chi connectivity index (χ2n) is 7.96. The number of thioether (sulfide) groups is 1. The van der Waals surface area contributed by atoms with E-state index in [-0.39, 0.29) is 11.4 Å². The Kier molecular flexibility index (Phi) is 8.52. The van der Waals surface area contributed by atoms with Gasteiger partial charge in [-0.3, -0.25) is 9.10 Å². The van der Waals surface area contributed by atoms with Crippen LogP contribution in [0.3, 0.4) is 0 Å². The third kappa shape index (κ3) is 6.15. The molecule has 0 spiro atoms. The van der Waals surface area contributed by atoms with Gasteiger partial charge >= 0.3 is 0 Å². The molecule has 10 heteroatoms. The highest BCUT2D eigenvalue weighted by atomic mass is 32.2. The normalized spacial score (nSPS) is 11.2. The summed E-state index contributed by atoms with van der Waals surface area (Å²) in [7, 11) is -4.07. The predicted molar refractivity (Wildman–Crippen MR) is 146 cm³/mol. The molecule has 1 aromatic heterocycles. The standard InChI is InChI=1S/C27H28N4O4S2/c1-3-35-26-11-7-6-10-25(26)31(37(33,34)23-14-12-22(36-2)13-15-23)19-27(32)29-18-21-8-4-5-9-24(21)30-17-16-28-20-30/h4-17,20H,3,18-19H2,1-2H3,(H,29,32). The number of anilines is 1. The quantitative estimate of drug-likeness (QED) is 0.284. The fraction of sp³-hybridized carbons (Fsp3) is 0.185. The number of nitrogens with zero attached hydrogens (tertiary/aromatic N) is 3. The molecule has 0 bridgehead atoms. The molecule has 1 amide bonds. The highest BCUT2D eigenvalue weighted by Crippen LogP contribution is 2.33. The SMILES string of the molecule is CCOc1ccccc1N(CC(=O)NCc1ccccc1-n1ccnc1)S(=O)(=O)c1ccc(SC)cc1. The summed E-state index contributed by atoms with van der Waals surface area (Å²) in [6.07, 6.45) is 7.10. The summed E-state index contributed by atoms with van der Waals surface area (Å²) in [4.78, 5) is 18.3. The lowest BCUT2D eigenvalue weighted by molar-refractivity contribution is -0.119. The molecular formula is C27H28N4O4S2. The van der Waals surface area contributed by atoms with Crippen LogP contribution in [0.2, 0.25) is 0 Å². The molecule has 192 valence electrons. The van der Waals surface area contributed by atoms with Crippen LogP contribution >= 0.6 is 11.8 Å². The Morgan fingerprint density at radius 1 is 1.05 bits per heavy atom. The number of amides is 1. The van der Waals surface area contributed by atoms with Crippen molar-refractivity contribution in [3.63, 3.8) is 0 Å². The zero-order valence-electron chi connectivity index (χ0n) is 20.6. The molecule has 37 heavy (non-hydrogen) atoms. The van der Waals surface area contributed by atoms with Crippen LogP contribution in [-0.4, -0.2) is 43.3 Å². The van der Waals surface area contributed by atoms with Crippen molar-refractivity contribution in [2.45, 2.75) is 23.3 Å². The molecule has 4 rings (SSSR count). The molecule has 3 aromatic carbocycles. The van der Waals surface area contributed by atoms with Crippen LogP contribution in [0.5, 0.6) is 5.75 Å². The Bertz CT molecular complexity index is 1440. The maximum Gasteiger partial charge on any atom is 0.264 e. The Morgan fingerprint density at radius 3 is 2.49 bits per heavy atom. The van der Waals surface area contributed by atoms with Gasteiger partial charge in [0.2, 0.25) is 5.91 Å². The van der Waals surface area contributed by atoms with Crippen molar-refractivity contribution in [3.05, 3.63) is 97.1 Å². The lowest BCUT2D eigenvalue weighted by Gasteiger charge is -2.26. The van der Waals surface area contributed by atoms with E-state index in [1.165, 1.54) is 11.8 Å². The van der Waals surface area contributed by atoms with Crippen molar-refractivity contribution in [2.24, 2.45) is 0 Å². The third-order valence-electron chi connectivity index (χ3n) is 5.62. The first-order chi connectivity index (χ1) is 17.9. The summed E-state index contributed by atoms with van der Waals surface area (Å²) in [6.45, 7) is 1.98. The van der Waals surface area contributed by atoms with E-state index < -0.39 is 22.5 Å². The number of carbonyl (C=O) groups is 1. The van der Waals surface area contributed by atoms with E-state index in [1.807, 2.05) is 48.2 Å². The van der Waals surface area contributed by atoms with Gasteiger partial charge in [0.1, 0.15) is 12.3 Å². The molecule has 0 unspecified atom stereocenters. The molecule has 0 aliphatic carbocycles. The molecule has 0 atom stereocenters. The topological polar surface area (TPSA) is 93.5 Å². The number of hydrogen-bond donors (Lipinski definition) is 1. The lowest BCUT2D eigenvalue weighted by atomic mass is 10.1. The van der Waals surface area contributed by atoms with Crippen molar-refractivity contribution < 1.29 is 17.9 Å². The number of para-hydroxylation sites is 3. The Morgan fingerprint density at radius 2 is 1.78 bits per heavy atom. The summed E-state index contributed by atoms with van der Waals surface area (Å²) in [5.74, 6) is -0.0661. The van der Waals surface area contributed by atoms with Crippen LogP contribution in [0.25, 0.3) is 5.69 Å². The van der Waals surface area contributed by atoms with E-state index in [4.69, 9.17) is 4.74 Å². The zero-order chi connectivity index (χ0) is 26.3. The Hall–Kier alpha value is -3.76. The number of nitrogens with one attached hydrogen (secondary N) is 1. The molecule has 0 radical (unpaired) electrons. The van der Waals surface area contributed by atoms with Gasteiger partial charge in [-0.2, -0.15) is 0 Å². The monoisotopic (exact) mass is 536 g/mol. The molecule has 0 fully saturated rings. The number of imidazole rings is 1. The van der Waals surface area contributed by atoms with Gasteiger partial charge in [0.05, 0.1) is 29.2 Å². The largest absolute Gasteiger partial charge is 0.492 e. The fourth-order valence-electron chi connectivity index (χ4n) is 3.81. The number of carbonyl (C=O) groups excluding carboxylic acids is 1. The van der Waals surface area contributed by atoms with Crippen molar-refractivity contribution in [1.82, 2.24) is 14.9 Å². The van der Waals surface area contributed by atoms with Crippen LogP contribution in [0.4, 0.5) is 5.69 Å². The molecule has 0 saturated carbocycles. The first-order valence-corrected chi connectivity index (χ1v) is 14.3. The summed E-state index contributed by atoms with van der Waals surface area (Å²) in [5.41, 5.74) is 2.04. The number of benzene rings is 3. The number of sulfonamides is 1. The molecule has 0 saturated heterocycles. The molecule has 4 aromatic rings. The molecule has 8 nitrogen and oxygen atoms in total.